The minimum atomic E-state index is -1.40. The molecule has 0 heterocycles. The van der Waals surface area contributed by atoms with Crippen molar-refractivity contribution in [3.63, 3.8) is 0 Å². The van der Waals surface area contributed by atoms with Crippen LogP contribution in [0.1, 0.15) is 42.6 Å². The third-order valence-electron chi connectivity index (χ3n) is 5.46. The lowest BCUT2D eigenvalue weighted by Crippen LogP contribution is -2.54. The van der Waals surface area contributed by atoms with Crippen LogP contribution in [0.15, 0.2) is 18.2 Å². The maximum absolute atomic E-state index is 13.2. The van der Waals surface area contributed by atoms with Crippen LogP contribution in [0.3, 0.4) is 0 Å². The van der Waals surface area contributed by atoms with E-state index in [-0.39, 0.29) is 49.3 Å². The molecule has 0 aliphatic carbocycles. The topological polar surface area (TPSA) is 203 Å². The van der Waals surface area contributed by atoms with Gasteiger partial charge in [0, 0.05) is 17.8 Å². The van der Waals surface area contributed by atoms with Crippen molar-refractivity contribution in [2.24, 2.45) is 11.7 Å². The Hall–Kier alpha value is -4.75. The maximum Gasteiger partial charge on any atom is 0.405 e. The van der Waals surface area contributed by atoms with Crippen LogP contribution < -0.4 is 27.0 Å². The Morgan fingerprint density at radius 2 is 1.69 bits per heavy atom. The van der Waals surface area contributed by atoms with Crippen molar-refractivity contribution >= 4 is 35.5 Å². The number of terminal acetylenes is 2. The first-order valence-corrected chi connectivity index (χ1v) is 12.0. The van der Waals surface area contributed by atoms with Crippen LogP contribution in [0.25, 0.3) is 0 Å². The van der Waals surface area contributed by atoms with Crippen molar-refractivity contribution in [1.82, 2.24) is 20.9 Å². The van der Waals surface area contributed by atoms with Crippen LogP contribution in [0.4, 0.5) is 15.3 Å². The molecule has 0 aromatic heterocycles. The molecule has 1 rings (SSSR count). The molecule has 2 atom stereocenters. The largest absolute Gasteiger partial charge is 0.465 e. The third kappa shape index (κ3) is 10.6. The smallest absolute Gasteiger partial charge is 0.405 e. The van der Waals surface area contributed by atoms with Crippen molar-refractivity contribution < 1.29 is 34.2 Å². The lowest BCUT2D eigenvalue weighted by molar-refractivity contribution is -0.128. The van der Waals surface area contributed by atoms with Crippen molar-refractivity contribution in [3.8, 4) is 24.7 Å². The zero-order valence-electron chi connectivity index (χ0n) is 21.8. The van der Waals surface area contributed by atoms with Crippen LogP contribution in [-0.2, 0) is 16.2 Å². The first-order valence-electron chi connectivity index (χ1n) is 12.0. The molecule has 0 bridgehead atoms. The number of hydrogen-bond donors (Lipinski definition) is 7. The second-order valence-corrected chi connectivity index (χ2v) is 8.75. The Kier molecular flexibility index (Phi) is 13.4. The van der Waals surface area contributed by atoms with Crippen LogP contribution >= 0.6 is 0 Å². The van der Waals surface area contributed by atoms with Crippen molar-refractivity contribution in [1.29, 1.82) is 0 Å². The fraction of sp³-hybridized carbons (Fsp3) is 0.423. The number of carbonyl (C=O) groups is 5. The van der Waals surface area contributed by atoms with Gasteiger partial charge in [-0.3, -0.25) is 14.4 Å². The van der Waals surface area contributed by atoms with E-state index in [1.165, 1.54) is 23.1 Å². The second kappa shape index (κ2) is 16.2. The van der Waals surface area contributed by atoms with E-state index in [1.807, 2.05) is 0 Å². The van der Waals surface area contributed by atoms with Gasteiger partial charge in [0.05, 0.1) is 19.7 Å². The van der Waals surface area contributed by atoms with Crippen LogP contribution in [-0.4, -0.2) is 76.7 Å². The highest BCUT2D eigenvalue weighted by atomic mass is 16.4. The van der Waals surface area contributed by atoms with Gasteiger partial charge in [0.2, 0.25) is 11.8 Å². The van der Waals surface area contributed by atoms with E-state index < -0.39 is 54.5 Å². The van der Waals surface area contributed by atoms with Crippen molar-refractivity contribution in [3.05, 3.63) is 29.3 Å². The molecule has 13 heteroatoms. The lowest BCUT2D eigenvalue weighted by atomic mass is 10.0. The molecule has 0 aliphatic rings. The molecular formula is C26H34N6O7. The number of amides is 6. The third-order valence-corrected chi connectivity index (χ3v) is 5.46. The molecule has 0 unspecified atom stereocenters. The number of nitrogens with one attached hydrogen (secondary N) is 4. The highest BCUT2D eigenvalue weighted by molar-refractivity contribution is 6.01. The number of primary amides is 1. The number of benzene rings is 1. The van der Waals surface area contributed by atoms with Gasteiger partial charge in [0.15, 0.2) is 0 Å². The zero-order valence-corrected chi connectivity index (χ0v) is 21.8. The van der Waals surface area contributed by atoms with Crippen LogP contribution in [0.2, 0.25) is 0 Å². The summed E-state index contributed by atoms with van der Waals surface area (Å²) >= 11 is 0. The van der Waals surface area contributed by atoms with Gasteiger partial charge in [-0.15, -0.1) is 12.8 Å². The molecule has 0 fully saturated rings. The van der Waals surface area contributed by atoms with E-state index in [4.69, 9.17) is 23.7 Å². The van der Waals surface area contributed by atoms with E-state index in [2.05, 4.69) is 33.1 Å². The predicted molar refractivity (Wildman–Crippen MR) is 143 cm³/mol. The van der Waals surface area contributed by atoms with Gasteiger partial charge in [0.25, 0.3) is 5.91 Å². The molecule has 13 nitrogen and oxygen atoms in total. The molecule has 0 radical (unpaired) electrons. The maximum atomic E-state index is 13.2. The SMILES string of the molecule is C#CCN(CC#C)C(=O)c1cc(NC(=O)[C@H](CCCNC(N)=O)NC(=O)[C@@H](NC(=O)O)C(C)C)ccc1CO. The summed E-state index contributed by atoms with van der Waals surface area (Å²) in [5.41, 5.74) is 5.58. The van der Waals surface area contributed by atoms with Gasteiger partial charge in [-0.2, -0.15) is 0 Å². The van der Waals surface area contributed by atoms with E-state index >= 15 is 0 Å². The van der Waals surface area contributed by atoms with E-state index in [0.29, 0.717) is 0 Å². The van der Waals surface area contributed by atoms with Crippen LogP contribution in [0, 0.1) is 30.6 Å². The lowest BCUT2D eigenvalue weighted by Gasteiger charge is -2.24. The number of nitrogens with two attached hydrogens (primary N) is 1. The number of rotatable bonds is 14. The molecule has 0 saturated heterocycles. The van der Waals surface area contributed by atoms with E-state index in [0.717, 1.165) is 0 Å². The molecule has 210 valence electrons. The Balaban J connectivity index is 3.22. The number of aliphatic hydroxyl groups excluding tert-OH is 1. The Bertz CT molecular complexity index is 1120. The monoisotopic (exact) mass is 542 g/mol. The molecule has 0 spiro atoms. The number of aliphatic hydroxyl groups is 1. The summed E-state index contributed by atoms with van der Waals surface area (Å²) in [5.74, 6) is 2.33. The normalized spacial score (nSPS) is 11.7. The van der Waals surface area contributed by atoms with Gasteiger partial charge < -0.3 is 42.1 Å². The van der Waals surface area contributed by atoms with Crippen molar-refractivity contribution in [2.75, 3.05) is 25.0 Å². The van der Waals surface area contributed by atoms with E-state index in [1.54, 1.807) is 13.8 Å². The molecule has 0 aliphatic heterocycles. The van der Waals surface area contributed by atoms with Gasteiger partial charge in [-0.1, -0.05) is 31.8 Å². The predicted octanol–water partition coefficient (Wildman–Crippen LogP) is 0.0515. The Labute approximate surface area is 226 Å². The minimum Gasteiger partial charge on any atom is -0.465 e. The molecule has 39 heavy (non-hydrogen) atoms. The zero-order chi connectivity index (χ0) is 29.5. The number of anilines is 1. The molecule has 1 aromatic rings. The first-order chi connectivity index (χ1) is 18.4. The molecule has 6 amide bonds. The highest BCUT2D eigenvalue weighted by Crippen LogP contribution is 2.19. The van der Waals surface area contributed by atoms with Gasteiger partial charge in [-0.25, -0.2) is 9.59 Å². The Morgan fingerprint density at radius 1 is 1.05 bits per heavy atom. The quantitative estimate of drug-likeness (QED) is 0.127. The average Bonchev–Trinajstić information content (AvgIpc) is 2.87. The summed E-state index contributed by atoms with van der Waals surface area (Å²) < 4.78 is 0. The number of carboxylic acid groups (broad SMARTS) is 1. The molecule has 1 aromatic carbocycles. The van der Waals surface area contributed by atoms with Gasteiger partial charge >= 0.3 is 12.1 Å². The number of urea groups is 1. The van der Waals surface area contributed by atoms with Gasteiger partial charge in [-0.05, 0) is 36.5 Å². The molecular weight excluding hydrogens is 508 g/mol. The summed E-state index contributed by atoms with van der Waals surface area (Å²) in [4.78, 5) is 62.4. The number of carbonyl (C=O) groups excluding carboxylic acids is 4. The first kappa shape index (κ1) is 32.3. The standard InChI is InChI=1S/C26H34N6O7/c1-5-12-32(13-6-2)24(36)19-14-18(10-9-17(19)15-33)29-22(34)20(8-7-11-28-25(27)37)30-23(35)21(16(3)4)31-26(38)39/h1-2,9-10,14,16,20-21,31,33H,7-8,11-13,15H2,3-4H3,(H,29,34)(H,30,35)(H,38,39)(H3,27,28,37)/t20-,21-/m0/s1. The van der Waals surface area contributed by atoms with Crippen LogP contribution in [0.5, 0.6) is 0 Å². The molecule has 0 saturated carbocycles. The summed E-state index contributed by atoms with van der Waals surface area (Å²) in [6.45, 7) is 2.79. The average molecular weight is 543 g/mol. The fourth-order valence-corrected chi connectivity index (χ4v) is 3.53. The minimum absolute atomic E-state index is 0.0639. The van der Waals surface area contributed by atoms with E-state index in [9.17, 15) is 29.1 Å². The number of hydrogen-bond acceptors (Lipinski definition) is 6. The summed E-state index contributed by atoms with van der Waals surface area (Å²) in [5, 5.41) is 28.5. The van der Waals surface area contributed by atoms with Crippen molar-refractivity contribution in [2.45, 2.75) is 45.4 Å². The molecule has 8 N–H and O–H groups in total. The fourth-order valence-electron chi connectivity index (χ4n) is 3.53. The Morgan fingerprint density at radius 3 is 2.21 bits per heavy atom. The highest BCUT2D eigenvalue weighted by Gasteiger charge is 2.29. The van der Waals surface area contributed by atoms with Gasteiger partial charge in [0.1, 0.15) is 12.1 Å². The summed E-state index contributed by atoms with van der Waals surface area (Å²) in [6, 6.07) is 1.23. The summed E-state index contributed by atoms with van der Waals surface area (Å²) in [7, 11) is 0. The summed E-state index contributed by atoms with van der Waals surface area (Å²) in [6.07, 6.45) is 9.57. The number of nitrogens with zero attached hydrogens (tertiary/aromatic N) is 1. The second-order valence-electron chi connectivity index (χ2n) is 8.75.